The van der Waals surface area contributed by atoms with E-state index < -0.39 is 21.0 Å². The Hall–Kier alpha value is -5.53. The van der Waals surface area contributed by atoms with Crippen LogP contribution < -0.4 is 9.47 Å². The first kappa shape index (κ1) is 29.5. The fourth-order valence-corrected chi connectivity index (χ4v) is 7.06. The fraction of sp³-hybridized carbons (Fsp3) is 0.0526. The van der Waals surface area contributed by atoms with E-state index in [0.717, 1.165) is 11.5 Å². The number of Topliss-reactive ketones (excluding diaryl/α,β-unsaturated/α-hetero) is 1. The van der Waals surface area contributed by atoms with Gasteiger partial charge in [0.2, 0.25) is 0 Å². The maximum Gasteiger partial charge on any atom is 0.193 e. The second-order valence-corrected chi connectivity index (χ2v) is 12.4. The van der Waals surface area contributed by atoms with Crippen molar-refractivity contribution in [2.24, 2.45) is 5.92 Å². The number of carbonyl (C=O) groups is 2. The van der Waals surface area contributed by atoms with Crippen LogP contribution in [0.4, 0.5) is 0 Å². The van der Waals surface area contributed by atoms with Crippen molar-refractivity contribution in [2.45, 2.75) is 10.1 Å². The third-order valence-corrected chi connectivity index (χ3v) is 9.53. The second kappa shape index (κ2) is 13.0. The van der Waals surface area contributed by atoms with Crippen LogP contribution in [-0.2, 0) is 9.84 Å². The molecule has 6 nitrogen and oxygen atoms in total. The molecule has 0 aromatic heterocycles. The van der Waals surface area contributed by atoms with Crippen molar-refractivity contribution in [2.75, 3.05) is 0 Å². The van der Waals surface area contributed by atoms with E-state index in [1.807, 2.05) is 60.7 Å². The Morgan fingerprint density at radius 1 is 0.533 bits per heavy atom. The minimum atomic E-state index is -3.43. The molecule has 1 heterocycles. The Morgan fingerprint density at radius 2 is 0.978 bits per heavy atom. The van der Waals surface area contributed by atoms with Gasteiger partial charge in [0.15, 0.2) is 21.4 Å². The highest BCUT2D eigenvalue weighted by Crippen LogP contribution is 2.36. The number of benzene rings is 5. The quantitative estimate of drug-likeness (QED) is 0.179. The topological polar surface area (TPSA) is 86.7 Å². The molecule has 7 rings (SSSR count). The van der Waals surface area contributed by atoms with Gasteiger partial charge in [0.1, 0.15) is 23.0 Å². The molecule has 0 bridgehead atoms. The molecule has 5 aromatic rings. The average molecular weight is 613 g/mol. The van der Waals surface area contributed by atoms with Gasteiger partial charge in [0.25, 0.3) is 0 Å². The SMILES string of the molecule is O=C(c1ccc(Oc2ccccc2)cc1)c1ccc(Oc2ccccc2)cc1.O=C1c2ccccc2S(=O)(=O)C2C=CC=CC12. The van der Waals surface area contributed by atoms with E-state index in [9.17, 15) is 18.0 Å². The van der Waals surface area contributed by atoms with Gasteiger partial charge in [-0.2, -0.15) is 0 Å². The Morgan fingerprint density at radius 3 is 1.51 bits per heavy atom. The fourth-order valence-electron chi connectivity index (χ4n) is 5.13. The van der Waals surface area contributed by atoms with Gasteiger partial charge in [-0.15, -0.1) is 0 Å². The molecule has 0 saturated heterocycles. The number of rotatable bonds is 6. The largest absolute Gasteiger partial charge is 0.457 e. The Labute approximate surface area is 261 Å². The predicted octanol–water partition coefficient (Wildman–Crippen LogP) is 8.27. The number of sulfone groups is 1. The first-order valence-electron chi connectivity index (χ1n) is 14.3. The zero-order chi connectivity index (χ0) is 31.2. The number of ketones is 2. The lowest BCUT2D eigenvalue weighted by Gasteiger charge is -2.29. The van der Waals surface area contributed by atoms with Gasteiger partial charge in [0.05, 0.1) is 16.1 Å². The number of ether oxygens (including phenoxy) is 2. The number of carbonyl (C=O) groups excluding carboxylic acids is 2. The van der Waals surface area contributed by atoms with Crippen LogP contribution in [-0.4, -0.2) is 25.2 Å². The van der Waals surface area contributed by atoms with Crippen molar-refractivity contribution >= 4 is 21.4 Å². The number of allylic oxidation sites excluding steroid dienone is 3. The summed E-state index contributed by atoms with van der Waals surface area (Å²) < 4.78 is 36.2. The summed E-state index contributed by atoms with van der Waals surface area (Å²) in [5, 5.41) is -0.741. The van der Waals surface area contributed by atoms with Gasteiger partial charge < -0.3 is 9.47 Å². The molecular weight excluding hydrogens is 584 g/mol. The van der Waals surface area contributed by atoms with Crippen LogP contribution in [0.15, 0.2) is 163 Å². The zero-order valence-electron chi connectivity index (χ0n) is 24.0. The van der Waals surface area contributed by atoms with Crippen molar-refractivity contribution in [3.63, 3.8) is 0 Å². The molecule has 2 atom stereocenters. The lowest BCUT2D eigenvalue weighted by Crippen LogP contribution is -2.39. The molecule has 2 unspecified atom stereocenters. The van der Waals surface area contributed by atoms with E-state index >= 15 is 0 Å². The summed E-state index contributed by atoms with van der Waals surface area (Å²) in [5.41, 5.74) is 1.53. The highest BCUT2D eigenvalue weighted by atomic mass is 32.2. The predicted molar refractivity (Wildman–Crippen MR) is 173 cm³/mol. The molecule has 45 heavy (non-hydrogen) atoms. The highest BCUT2D eigenvalue weighted by Gasteiger charge is 2.43. The molecule has 5 aromatic carbocycles. The van der Waals surface area contributed by atoms with Crippen LogP contribution in [0.2, 0.25) is 0 Å². The van der Waals surface area contributed by atoms with E-state index in [4.69, 9.17) is 9.47 Å². The molecule has 0 fully saturated rings. The normalized spacial score (nSPS) is 17.2. The third kappa shape index (κ3) is 6.54. The van der Waals surface area contributed by atoms with E-state index in [0.29, 0.717) is 28.2 Å². The second-order valence-electron chi connectivity index (χ2n) is 10.4. The molecule has 0 saturated carbocycles. The van der Waals surface area contributed by atoms with Crippen LogP contribution in [0.25, 0.3) is 0 Å². The van der Waals surface area contributed by atoms with Gasteiger partial charge in [-0.25, -0.2) is 8.42 Å². The minimum Gasteiger partial charge on any atom is -0.457 e. The first-order chi connectivity index (χ1) is 21.9. The monoisotopic (exact) mass is 612 g/mol. The molecule has 0 spiro atoms. The summed E-state index contributed by atoms with van der Waals surface area (Å²) >= 11 is 0. The summed E-state index contributed by atoms with van der Waals surface area (Å²) in [5.74, 6) is 2.17. The van der Waals surface area contributed by atoms with Crippen molar-refractivity contribution in [1.82, 2.24) is 0 Å². The summed E-state index contributed by atoms with van der Waals surface area (Å²) in [4.78, 5) is 25.1. The van der Waals surface area contributed by atoms with Gasteiger partial charge in [0, 0.05) is 16.7 Å². The molecule has 1 aliphatic heterocycles. The average Bonchev–Trinajstić information content (AvgIpc) is 3.09. The summed E-state index contributed by atoms with van der Waals surface area (Å²) in [6, 6.07) is 39.8. The maximum atomic E-state index is 12.7. The zero-order valence-corrected chi connectivity index (χ0v) is 24.8. The molecule has 1 aliphatic carbocycles. The summed E-state index contributed by atoms with van der Waals surface area (Å²) in [6.45, 7) is 0. The van der Waals surface area contributed by atoms with Gasteiger partial charge in [-0.05, 0) is 78.9 Å². The smallest absolute Gasteiger partial charge is 0.193 e. The van der Waals surface area contributed by atoms with Crippen molar-refractivity contribution in [3.8, 4) is 23.0 Å². The summed E-state index contributed by atoms with van der Waals surface area (Å²) in [6.07, 6.45) is 6.66. The molecule has 2 aliphatic rings. The number of hydrogen-bond donors (Lipinski definition) is 0. The van der Waals surface area contributed by atoms with Crippen LogP contribution in [0, 0.1) is 5.92 Å². The van der Waals surface area contributed by atoms with Crippen LogP contribution in [0.1, 0.15) is 26.3 Å². The summed E-state index contributed by atoms with van der Waals surface area (Å²) in [7, 11) is -3.43. The Bertz CT molecular complexity index is 1890. The highest BCUT2D eigenvalue weighted by molar-refractivity contribution is 7.92. The lowest BCUT2D eigenvalue weighted by atomic mass is 9.91. The molecule has 0 N–H and O–H groups in total. The van der Waals surface area contributed by atoms with Crippen LogP contribution in [0.3, 0.4) is 0 Å². The number of fused-ring (bicyclic) bond motifs is 2. The van der Waals surface area contributed by atoms with E-state index in [-0.39, 0.29) is 16.5 Å². The molecule has 222 valence electrons. The van der Waals surface area contributed by atoms with Gasteiger partial charge in [-0.1, -0.05) is 78.9 Å². The molecule has 7 heteroatoms. The molecule has 0 radical (unpaired) electrons. The van der Waals surface area contributed by atoms with E-state index in [1.165, 1.54) is 6.07 Å². The van der Waals surface area contributed by atoms with Gasteiger partial charge in [-0.3, -0.25) is 9.59 Å². The maximum absolute atomic E-state index is 12.7. The third-order valence-electron chi connectivity index (χ3n) is 7.40. The van der Waals surface area contributed by atoms with E-state index in [2.05, 4.69) is 0 Å². The molecular formula is C38H28O6S. The standard InChI is InChI=1S/C25H18O3.C13H10O3S/c26-25(19-11-15-23(16-12-19)27-21-7-3-1-4-8-21)20-13-17-24(18-14-20)28-22-9-5-2-6-10-22;14-13-9-5-1-3-7-11(9)17(15,16)12-8-4-2-6-10(12)13/h1-18H;1-9,11H. The van der Waals surface area contributed by atoms with Crippen LogP contribution in [0.5, 0.6) is 23.0 Å². The van der Waals surface area contributed by atoms with Crippen molar-refractivity contribution in [1.29, 1.82) is 0 Å². The molecule has 0 amide bonds. The minimum absolute atomic E-state index is 0.0440. The Kier molecular flexibility index (Phi) is 8.53. The lowest BCUT2D eigenvalue weighted by molar-refractivity contribution is 0.0938. The first-order valence-corrected chi connectivity index (χ1v) is 15.9. The van der Waals surface area contributed by atoms with Crippen LogP contribution >= 0.6 is 0 Å². The number of para-hydroxylation sites is 2. The van der Waals surface area contributed by atoms with E-state index in [1.54, 1.807) is 91.0 Å². The van der Waals surface area contributed by atoms with Crippen molar-refractivity contribution in [3.05, 3.63) is 174 Å². The van der Waals surface area contributed by atoms with Crippen molar-refractivity contribution < 1.29 is 27.5 Å². The number of hydrogen-bond acceptors (Lipinski definition) is 6. The van der Waals surface area contributed by atoms with Gasteiger partial charge >= 0.3 is 0 Å². The Balaban J connectivity index is 0.000000179.